The third kappa shape index (κ3) is 2.07. The van der Waals surface area contributed by atoms with E-state index in [2.05, 4.69) is 23.8 Å². The Morgan fingerprint density at radius 3 is 2.95 bits per heavy atom. The molecular formula is C14H15ClN4S. The zero-order valence-corrected chi connectivity index (χ0v) is 12.9. The third-order valence-corrected chi connectivity index (χ3v) is 4.97. The average molecular weight is 307 g/mol. The van der Waals surface area contributed by atoms with Gasteiger partial charge in [0.15, 0.2) is 0 Å². The molecule has 0 bridgehead atoms. The Labute approximate surface area is 126 Å². The first kappa shape index (κ1) is 13.4. The maximum atomic E-state index is 6.31. The van der Waals surface area contributed by atoms with Gasteiger partial charge < -0.3 is 5.73 Å². The lowest BCUT2D eigenvalue weighted by atomic mass is 10.3. The molecule has 20 heavy (non-hydrogen) atoms. The Bertz CT molecular complexity index is 762. The number of fused-ring (bicyclic) bond motifs is 1. The Morgan fingerprint density at radius 2 is 2.25 bits per heavy atom. The van der Waals surface area contributed by atoms with Crippen LogP contribution >= 0.6 is 22.9 Å². The van der Waals surface area contributed by atoms with Gasteiger partial charge in [-0.15, -0.1) is 11.3 Å². The van der Waals surface area contributed by atoms with E-state index in [4.69, 9.17) is 17.3 Å². The van der Waals surface area contributed by atoms with Crippen LogP contribution in [0.1, 0.15) is 29.8 Å². The summed E-state index contributed by atoms with van der Waals surface area (Å²) in [6.07, 6.45) is 2.92. The number of para-hydroxylation sites is 1. The highest BCUT2D eigenvalue weighted by molar-refractivity contribution is 7.11. The van der Waals surface area contributed by atoms with E-state index in [1.54, 1.807) is 11.3 Å². The lowest BCUT2D eigenvalue weighted by Gasteiger charge is -2.14. The average Bonchev–Trinajstić information content (AvgIpc) is 3.02. The minimum absolute atomic E-state index is 0.0187. The van der Waals surface area contributed by atoms with Crippen LogP contribution in [0.5, 0.6) is 0 Å². The number of nitrogens with zero attached hydrogens (tertiary/aromatic N) is 3. The number of hydrogen-bond donors (Lipinski definition) is 1. The van der Waals surface area contributed by atoms with Crippen LogP contribution in [-0.4, -0.2) is 14.5 Å². The summed E-state index contributed by atoms with van der Waals surface area (Å²) in [7, 11) is 0. The maximum absolute atomic E-state index is 6.31. The Hall–Kier alpha value is -1.59. The van der Waals surface area contributed by atoms with Gasteiger partial charge >= 0.3 is 0 Å². The molecule has 1 unspecified atom stereocenters. The SMILES string of the molecule is CCc1cnc(C(C)n2c(N)nc3cccc(Cl)c32)s1. The summed E-state index contributed by atoms with van der Waals surface area (Å²) in [6.45, 7) is 4.19. The fourth-order valence-electron chi connectivity index (χ4n) is 2.31. The number of aromatic nitrogens is 3. The van der Waals surface area contributed by atoms with E-state index in [0.29, 0.717) is 11.0 Å². The Morgan fingerprint density at radius 1 is 1.45 bits per heavy atom. The van der Waals surface area contributed by atoms with Crippen molar-refractivity contribution in [3.63, 3.8) is 0 Å². The monoisotopic (exact) mass is 306 g/mol. The van der Waals surface area contributed by atoms with Crippen molar-refractivity contribution in [2.75, 3.05) is 5.73 Å². The van der Waals surface area contributed by atoms with Crippen LogP contribution < -0.4 is 5.73 Å². The largest absolute Gasteiger partial charge is 0.369 e. The molecule has 2 heterocycles. The zero-order valence-electron chi connectivity index (χ0n) is 11.3. The number of rotatable bonds is 3. The number of nitrogen functional groups attached to an aromatic ring is 1. The molecule has 1 aromatic carbocycles. The summed E-state index contributed by atoms with van der Waals surface area (Å²) in [5.74, 6) is 0.467. The molecule has 0 fully saturated rings. The van der Waals surface area contributed by atoms with Crippen LogP contribution in [0.25, 0.3) is 11.0 Å². The number of anilines is 1. The molecule has 2 N–H and O–H groups in total. The van der Waals surface area contributed by atoms with E-state index in [9.17, 15) is 0 Å². The van der Waals surface area contributed by atoms with Crippen molar-refractivity contribution < 1.29 is 0 Å². The predicted molar refractivity (Wildman–Crippen MR) is 84.5 cm³/mol. The van der Waals surface area contributed by atoms with Crippen molar-refractivity contribution in [2.45, 2.75) is 26.3 Å². The molecule has 3 rings (SSSR count). The van der Waals surface area contributed by atoms with Crippen molar-refractivity contribution in [2.24, 2.45) is 0 Å². The van der Waals surface area contributed by atoms with Gasteiger partial charge in [-0.05, 0) is 25.5 Å². The number of thiazole rings is 1. The Balaban J connectivity index is 2.15. The van der Waals surface area contributed by atoms with Crippen LogP contribution in [0.3, 0.4) is 0 Å². The molecule has 0 amide bonds. The number of nitrogens with two attached hydrogens (primary N) is 1. The molecule has 1 atom stereocenters. The van der Waals surface area contributed by atoms with Gasteiger partial charge in [0.25, 0.3) is 0 Å². The van der Waals surface area contributed by atoms with Crippen LogP contribution in [0.4, 0.5) is 5.95 Å². The highest BCUT2D eigenvalue weighted by Crippen LogP contribution is 2.33. The summed E-state index contributed by atoms with van der Waals surface area (Å²) < 4.78 is 1.95. The second-order valence-corrected chi connectivity index (χ2v) is 6.20. The summed E-state index contributed by atoms with van der Waals surface area (Å²) in [5, 5.41) is 1.68. The third-order valence-electron chi connectivity index (χ3n) is 3.35. The van der Waals surface area contributed by atoms with Crippen LogP contribution in [-0.2, 0) is 6.42 Å². The lowest BCUT2D eigenvalue weighted by molar-refractivity contribution is 0.662. The molecule has 4 nitrogen and oxygen atoms in total. The van der Waals surface area contributed by atoms with Gasteiger partial charge in [0.1, 0.15) is 5.01 Å². The first-order chi connectivity index (χ1) is 9.61. The van der Waals surface area contributed by atoms with Gasteiger partial charge in [-0.1, -0.05) is 24.6 Å². The normalized spacial score (nSPS) is 12.9. The lowest BCUT2D eigenvalue weighted by Crippen LogP contribution is -2.10. The standard InChI is InChI=1S/C14H15ClN4S/c1-3-9-7-17-13(20-9)8(2)19-12-10(15)5-4-6-11(12)18-14(19)16/h4-8H,3H2,1-2H3,(H2,16,18). The summed E-state index contributed by atoms with van der Waals surface area (Å²) >= 11 is 8.01. The molecule has 0 aliphatic heterocycles. The molecule has 3 aromatic rings. The fraction of sp³-hybridized carbons (Fsp3) is 0.286. The maximum Gasteiger partial charge on any atom is 0.201 e. The van der Waals surface area contributed by atoms with Gasteiger partial charge in [0.2, 0.25) is 5.95 Å². The van der Waals surface area contributed by atoms with E-state index in [0.717, 1.165) is 22.5 Å². The van der Waals surface area contributed by atoms with Crippen molar-refractivity contribution in [1.29, 1.82) is 0 Å². The van der Waals surface area contributed by atoms with E-state index in [-0.39, 0.29) is 6.04 Å². The Kier molecular flexibility index (Phi) is 3.40. The minimum atomic E-state index is 0.0187. The van der Waals surface area contributed by atoms with Gasteiger partial charge in [-0.2, -0.15) is 0 Å². The highest BCUT2D eigenvalue weighted by Gasteiger charge is 2.19. The van der Waals surface area contributed by atoms with Crippen molar-refractivity contribution >= 4 is 39.9 Å². The number of aryl methyl sites for hydroxylation is 1. The van der Waals surface area contributed by atoms with Crippen molar-refractivity contribution in [3.8, 4) is 0 Å². The van der Waals surface area contributed by atoms with E-state index in [1.807, 2.05) is 29.0 Å². The quantitative estimate of drug-likeness (QED) is 0.798. The first-order valence-electron chi connectivity index (χ1n) is 6.48. The van der Waals surface area contributed by atoms with E-state index < -0.39 is 0 Å². The summed E-state index contributed by atoms with van der Waals surface area (Å²) in [5.41, 5.74) is 7.75. The van der Waals surface area contributed by atoms with Gasteiger partial charge in [-0.25, -0.2) is 9.97 Å². The van der Waals surface area contributed by atoms with Gasteiger partial charge in [0.05, 0.1) is 22.1 Å². The second kappa shape index (κ2) is 5.07. The van der Waals surface area contributed by atoms with Crippen molar-refractivity contribution in [3.05, 3.63) is 39.3 Å². The van der Waals surface area contributed by atoms with Crippen LogP contribution in [0.2, 0.25) is 5.02 Å². The topological polar surface area (TPSA) is 56.7 Å². The van der Waals surface area contributed by atoms with Crippen molar-refractivity contribution in [1.82, 2.24) is 14.5 Å². The molecule has 104 valence electrons. The molecule has 6 heteroatoms. The summed E-state index contributed by atoms with van der Waals surface area (Å²) in [4.78, 5) is 10.1. The van der Waals surface area contributed by atoms with Crippen LogP contribution in [0, 0.1) is 0 Å². The molecule has 0 aliphatic carbocycles. The molecule has 2 aromatic heterocycles. The summed E-state index contributed by atoms with van der Waals surface area (Å²) in [6, 6.07) is 5.67. The number of halogens is 1. The molecule has 0 aliphatic rings. The fourth-order valence-corrected chi connectivity index (χ4v) is 3.47. The van der Waals surface area contributed by atoms with Gasteiger partial charge in [-0.3, -0.25) is 4.57 Å². The highest BCUT2D eigenvalue weighted by atomic mass is 35.5. The van der Waals surface area contributed by atoms with E-state index in [1.165, 1.54) is 4.88 Å². The molecule has 0 saturated heterocycles. The molecule has 0 saturated carbocycles. The molecule has 0 radical (unpaired) electrons. The smallest absolute Gasteiger partial charge is 0.201 e. The number of imidazole rings is 1. The van der Waals surface area contributed by atoms with Crippen LogP contribution in [0.15, 0.2) is 24.4 Å². The second-order valence-electron chi connectivity index (χ2n) is 4.64. The molecule has 0 spiro atoms. The number of benzene rings is 1. The first-order valence-corrected chi connectivity index (χ1v) is 7.67. The van der Waals surface area contributed by atoms with E-state index >= 15 is 0 Å². The predicted octanol–water partition coefficient (Wildman–Crippen LogP) is 3.90. The zero-order chi connectivity index (χ0) is 14.3. The molecular weight excluding hydrogens is 292 g/mol. The van der Waals surface area contributed by atoms with Gasteiger partial charge in [0, 0.05) is 11.1 Å². The minimum Gasteiger partial charge on any atom is -0.369 e. The number of hydrogen-bond acceptors (Lipinski definition) is 4.